The first-order valence-corrected chi connectivity index (χ1v) is 4.15. The zero-order chi connectivity index (χ0) is 9.14. The number of hydrogen-bond acceptors (Lipinski definition) is 3. The molecule has 1 rings (SSSR count). The van der Waals surface area contributed by atoms with Crippen molar-refractivity contribution in [3.8, 4) is 0 Å². The van der Waals surface area contributed by atoms with Crippen LogP contribution < -0.4 is 10.6 Å². The Bertz CT molecular complexity index is 252. The van der Waals surface area contributed by atoms with E-state index in [1.54, 1.807) is 6.20 Å². The largest absolute Gasteiger partial charge is 0.382 e. The van der Waals surface area contributed by atoms with Crippen LogP contribution in [0.5, 0.6) is 0 Å². The van der Waals surface area contributed by atoms with Crippen molar-refractivity contribution in [1.29, 1.82) is 0 Å². The average molecular weight is 168 g/mol. The number of rotatable bonds is 3. The van der Waals surface area contributed by atoms with Gasteiger partial charge in [-0.1, -0.05) is 6.92 Å². The van der Waals surface area contributed by atoms with Gasteiger partial charge in [-0.05, 0) is 6.42 Å². The first-order chi connectivity index (χ1) is 5.66. The molecule has 0 aliphatic heterocycles. The van der Waals surface area contributed by atoms with Gasteiger partial charge in [-0.15, -0.1) is 0 Å². The molecular weight excluding hydrogens is 152 g/mol. The van der Waals surface area contributed by atoms with Crippen LogP contribution in [0.4, 0.5) is 11.5 Å². The third-order valence-electron chi connectivity index (χ3n) is 1.78. The Morgan fingerprint density at radius 3 is 2.67 bits per heavy atom. The van der Waals surface area contributed by atoms with Crippen molar-refractivity contribution < 1.29 is 0 Å². The highest BCUT2D eigenvalue weighted by Gasteiger charge is 2.06. The highest BCUT2D eigenvalue weighted by atomic mass is 15.3. The Morgan fingerprint density at radius 1 is 1.58 bits per heavy atom. The van der Waals surface area contributed by atoms with Gasteiger partial charge in [0.15, 0.2) is 0 Å². The second kappa shape index (κ2) is 3.47. The maximum atomic E-state index is 5.85. The number of nitrogens with two attached hydrogens (primary N) is 1. The molecule has 0 aliphatic carbocycles. The lowest BCUT2D eigenvalue weighted by Gasteiger charge is -2.10. The quantitative estimate of drug-likeness (QED) is 0.730. The molecule has 0 saturated heterocycles. The van der Waals surface area contributed by atoms with Crippen molar-refractivity contribution in [1.82, 2.24) is 9.78 Å². The Labute approximate surface area is 73.0 Å². The lowest BCUT2D eigenvalue weighted by atomic mass is 10.4. The van der Waals surface area contributed by atoms with Crippen molar-refractivity contribution >= 4 is 11.5 Å². The predicted molar refractivity (Wildman–Crippen MR) is 51.3 cm³/mol. The normalized spacial score (nSPS) is 10.2. The smallest absolute Gasteiger partial charge is 0.145 e. The molecule has 0 bridgehead atoms. The maximum absolute atomic E-state index is 5.85. The van der Waals surface area contributed by atoms with Crippen LogP contribution >= 0.6 is 0 Å². The summed E-state index contributed by atoms with van der Waals surface area (Å²) in [5, 5.41) is 4.18. The maximum Gasteiger partial charge on any atom is 0.145 e. The average Bonchev–Trinajstić information content (AvgIpc) is 2.34. The summed E-state index contributed by atoms with van der Waals surface area (Å²) in [5.41, 5.74) is 6.84. The van der Waals surface area contributed by atoms with E-state index in [1.165, 1.54) is 0 Å². The van der Waals surface area contributed by atoms with Crippen molar-refractivity contribution in [3.63, 3.8) is 0 Å². The molecular formula is C8H16N4. The third kappa shape index (κ3) is 1.52. The molecule has 0 atom stereocenters. The Kier molecular flexibility index (Phi) is 2.58. The van der Waals surface area contributed by atoms with Crippen LogP contribution in [0.15, 0.2) is 6.20 Å². The van der Waals surface area contributed by atoms with Crippen molar-refractivity contribution in [2.45, 2.75) is 19.9 Å². The molecule has 0 amide bonds. The molecule has 0 fully saturated rings. The molecule has 0 unspecified atom stereocenters. The van der Waals surface area contributed by atoms with Crippen LogP contribution in [0.25, 0.3) is 0 Å². The molecule has 1 aromatic rings. The van der Waals surface area contributed by atoms with Gasteiger partial charge in [-0.25, -0.2) is 4.68 Å². The summed E-state index contributed by atoms with van der Waals surface area (Å²) in [5.74, 6) is 0.752. The molecule has 1 heterocycles. The summed E-state index contributed by atoms with van der Waals surface area (Å²) >= 11 is 0. The summed E-state index contributed by atoms with van der Waals surface area (Å²) in [7, 11) is 3.92. The molecule has 0 aliphatic rings. The number of aromatic nitrogens is 2. The fourth-order valence-electron chi connectivity index (χ4n) is 1.12. The van der Waals surface area contributed by atoms with Gasteiger partial charge in [0, 0.05) is 20.6 Å². The van der Waals surface area contributed by atoms with Gasteiger partial charge >= 0.3 is 0 Å². The highest BCUT2D eigenvalue weighted by Crippen LogP contribution is 2.19. The van der Waals surface area contributed by atoms with E-state index in [2.05, 4.69) is 12.0 Å². The lowest BCUT2D eigenvalue weighted by molar-refractivity contribution is 0.611. The Balaban J connectivity index is 2.88. The summed E-state index contributed by atoms with van der Waals surface area (Å²) < 4.78 is 1.83. The summed E-state index contributed by atoms with van der Waals surface area (Å²) in [6.07, 6.45) is 2.85. The molecule has 4 nitrogen and oxygen atoms in total. The van der Waals surface area contributed by atoms with Crippen LogP contribution in [-0.4, -0.2) is 23.9 Å². The molecule has 2 N–H and O–H groups in total. The van der Waals surface area contributed by atoms with Crippen LogP contribution in [0.2, 0.25) is 0 Å². The predicted octanol–water partition coefficient (Wildman–Crippen LogP) is 0.941. The van der Waals surface area contributed by atoms with E-state index in [-0.39, 0.29) is 0 Å². The highest BCUT2D eigenvalue weighted by molar-refractivity contribution is 5.61. The third-order valence-corrected chi connectivity index (χ3v) is 1.78. The van der Waals surface area contributed by atoms with Crippen LogP contribution in [0.3, 0.4) is 0 Å². The van der Waals surface area contributed by atoms with E-state index in [0.29, 0.717) is 0 Å². The van der Waals surface area contributed by atoms with Gasteiger partial charge < -0.3 is 10.6 Å². The van der Waals surface area contributed by atoms with Gasteiger partial charge in [-0.2, -0.15) is 5.10 Å². The molecule has 1 aromatic heterocycles. The Morgan fingerprint density at radius 2 is 2.25 bits per heavy atom. The van der Waals surface area contributed by atoms with E-state index in [0.717, 1.165) is 24.5 Å². The molecule has 0 spiro atoms. The molecule has 12 heavy (non-hydrogen) atoms. The van der Waals surface area contributed by atoms with Gasteiger partial charge in [0.1, 0.15) is 5.82 Å². The lowest BCUT2D eigenvalue weighted by Crippen LogP contribution is -2.11. The van der Waals surface area contributed by atoms with Crippen LogP contribution in [0, 0.1) is 0 Å². The van der Waals surface area contributed by atoms with E-state index >= 15 is 0 Å². The minimum Gasteiger partial charge on any atom is -0.382 e. The Hall–Kier alpha value is -1.19. The van der Waals surface area contributed by atoms with E-state index in [4.69, 9.17) is 5.73 Å². The second-order valence-corrected chi connectivity index (χ2v) is 3.03. The first-order valence-electron chi connectivity index (χ1n) is 4.15. The number of anilines is 2. The number of hydrogen-bond donors (Lipinski definition) is 1. The SMILES string of the molecule is CCCn1ncc(N(C)C)c1N. The van der Waals surface area contributed by atoms with Crippen molar-refractivity contribution in [2.24, 2.45) is 0 Å². The summed E-state index contributed by atoms with van der Waals surface area (Å²) in [6.45, 7) is 3.00. The fourth-order valence-corrected chi connectivity index (χ4v) is 1.12. The van der Waals surface area contributed by atoms with Gasteiger partial charge in [0.25, 0.3) is 0 Å². The first kappa shape index (κ1) is 8.90. The molecule has 0 aromatic carbocycles. The number of aryl methyl sites for hydroxylation is 1. The molecule has 4 heteroatoms. The zero-order valence-electron chi connectivity index (χ0n) is 7.91. The van der Waals surface area contributed by atoms with E-state index < -0.39 is 0 Å². The molecule has 0 radical (unpaired) electrons. The minimum atomic E-state index is 0.752. The minimum absolute atomic E-state index is 0.752. The molecule has 0 saturated carbocycles. The number of nitrogen functional groups attached to an aromatic ring is 1. The zero-order valence-corrected chi connectivity index (χ0v) is 7.91. The monoisotopic (exact) mass is 168 g/mol. The van der Waals surface area contributed by atoms with Crippen LogP contribution in [0.1, 0.15) is 13.3 Å². The fraction of sp³-hybridized carbons (Fsp3) is 0.625. The van der Waals surface area contributed by atoms with Gasteiger partial charge in [0.2, 0.25) is 0 Å². The summed E-state index contributed by atoms with van der Waals surface area (Å²) in [4.78, 5) is 1.97. The van der Waals surface area contributed by atoms with Crippen molar-refractivity contribution in [3.05, 3.63) is 6.20 Å². The van der Waals surface area contributed by atoms with Crippen molar-refractivity contribution in [2.75, 3.05) is 24.7 Å². The van der Waals surface area contributed by atoms with Gasteiger partial charge in [0.05, 0.1) is 11.9 Å². The number of nitrogens with zero attached hydrogens (tertiary/aromatic N) is 3. The van der Waals surface area contributed by atoms with Gasteiger partial charge in [-0.3, -0.25) is 0 Å². The topological polar surface area (TPSA) is 47.1 Å². The standard InChI is InChI=1S/C8H16N4/c1-4-5-12-8(9)7(6-10-12)11(2)3/h6H,4-5,9H2,1-3H3. The second-order valence-electron chi connectivity index (χ2n) is 3.03. The van der Waals surface area contributed by atoms with Crippen LogP contribution in [-0.2, 0) is 6.54 Å². The van der Waals surface area contributed by atoms with E-state index in [1.807, 2.05) is 23.7 Å². The van der Waals surface area contributed by atoms with E-state index in [9.17, 15) is 0 Å². The summed E-state index contributed by atoms with van der Waals surface area (Å²) in [6, 6.07) is 0. The molecule has 68 valence electrons.